The fraction of sp³-hybridized carbons (Fsp3) is 0.467. The summed E-state index contributed by atoms with van der Waals surface area (Å²) in [5.41, 5.74) is 0.807. The lowest BCUT2D eigenvalue weighted by molar-refractivity contribution is -0.140. The van der Waals surface area contributed by atoms with Crippen LogP contribution in [0.3, 0.4) is 0 Å². The lowest BCUT2D eigenvalue weighted by Gasteiger charge is -2.25. The number of carbonyl (C=O) groups excluding carboxylic acids is 1. The monoisotopic (exact) mass is 259 g/mol. The van der Waals surface area contributed by atoms with Gasteiger partial charge in [-0.25, -0.2) is 4.79 Å². The summed E-state index contributed by atoms with van der Waals surface area (Å²) in [6.07, 6.45) is 4.79. The molecule has 0 aromatic heterocycles. The summed E-state index contributed by atoms with van der Waals surface area (Å²) in [5, 5.41) is 11.7. The molecule has 4 heteroatoms. The van der Waals surface area contributed by atoms with E-state index in [-0.39, 0.29) is 5.91 Å². The molecule has 0 atom stereocenters. The lowest BCUT2D eigenvalue weighted by atomic mass is 9.80. The van der Waals surface area contributed by atoms with Gasteiger partial charge in [0, 0.05) is 5.56 Å². The summed E-state index contributed by atoms with van der Waals surface area (Å²) in [6, 6.07) is 7.56. The molecular formula is C15H17NO3. The minimum Gasteiger partial charge on any atom is -0.480 e. The Morgan fingerprint density at radius 1 is 1.16 bits per heavy atom. The van der Waals surface area contributed by atoms with Gasteiger partial charge < -0.3 is 10.4 Å². The van der Waals surface area contributed by atoms with Gasteiger partial charge in [-0.2, -0.15) is 0 Å². The Kier molecular flexibility index (Phi) is 2.81. The molecule has 0 radical (unpaired) electrons. The van der Waals surface area contributed by atoms with Gasteiger partial charge >= 0.3 is 5.97 Å². The van der Waals surface area contributed by atoms with E-state index in [4.69, 9.17) is 5.11 Å². The zero-order valence-corrected chi connectivity index (χ0v) is 10.7. The van der Waals surface area contributed by atoms with Crippen molar-refractivity contribution in [2.75, 3.05) is 0 Å². The third kappa shape index (κ3) is 2.23. The molecule has 100 valence electrons. The van der Waals surface area contributed by atoms with E-state index in [1.807, 2.05) is 12.1 Å². The molecular weight excluding hydrogens is 242 g/mol. The summed E-state index contributed by atoms with van der Waals surface area (Å²) in [7, 11) is 0. The summed E-state index contributed by atoms with van der Waals surface area (Å²) in [4.78, 5) is 23.0. The molecule has 1 amide bonds. The van der Waals surface area contributed by atoms with Gasteiger partial charge in [0.25, 0.3) is 5.91 Å². The maximum absolute atomic E-state index is 12.0. The number of benzene rings is 1. The van der Waals surface area contributed by atoms with Crippen molar-refractivity contribution < 1.29 is 14.7 Å². The number of rotatable bonds is 4. The van der Waals surface area contributed by atoms with E-state index >= 15 is 0 Å². The molecule has 19 heavy (non-hydrogen) atoms. The van der Waals surface area contributed by atoms with Crippen LogP contribution in [0.2, 0.25) is 0 Å². The zero-order chi connectivity index (χ0) is 13.5. The number of nitrogens with one attached hydrogen (secondary N) is 1. The molecule has 2 N–H and O–H groups in total. The smallest absolute Gasteiger partial charge is 0.329 e. The van der Waals surface area contributed by atoms with E-state index in [0.717, 1.165) is 0 Å². The number of carboxylic acid groups (broad SMARTS) is 1. The first-order chi connectivity index (χ1) is 9.11. The summed E-state index contributed by atoms with van der Waals surface area (Å²) in [5.74, 6) is -0.585. The number of hydrogen-bond donors (Lipinski definition) is 2. The van der Waals surface area contributed by atoms with Crippen LogP contribution in [0.25, 0.3) is 0 Å². The van der Waals surface area contributed by atoms with E-state index in [1.165, 1.54) is 24.8 Å². The van der Waals surface area contributed by atoms with Gasteiger partial charge in [-0.1, -0.05) is 18.6 Å². The molecule has 0 bridgehead atoms. The fourth-order valence-electron chi connectivity index (χ4n) is 2.46. The Balaban J connectivity index is 1.68. The summed E-state index contributed by atoms with van der Waals surface area (Å²) >= 11 is 0. The predicted molar refractivity (Wildman–Crippen MR) is 70.1 cm³/mol. The topological polar surface area (TPSA) is 66.4 Å². The number of aliphatic carboxylic acids is 1. The zero-order valence-electron chi connectivity index (χ0n) is 10.7. The Labute approximate surface area is 111 Å². The predicted octanol–water partition coefficient (Wildman–Crippen LogP) is 2.30. The van der Waals surface area contributed by atoms with Crippen LogP contribution in [0.1, 0.15) is 53.9 Å². The molecule has 2 aliphatic rings. The second kappa shape index (κ2) is 4.37. The molecule has 2 aliphatic carbocycles. The highest BCUT2D eigenvalue weighted by molar-refractivity contribution is 5.98. The van der Waals surface area contributed by atoms with Crippen molar-refractivity contribution in [2.45, 2.75) is 43.6 Å². The van der Waals surface area contributed by atoms with Gasteiger partial charge in [0.1, 0.15) is 5.54 Å². The molecule has 0 saturated heterocycles. The molecule has 0 spiro atoms. The third-order valence-corrected chi connectivity index (χ3v) is 4.26. The van der Waals surface area contributed by atoms with E-state index in [1.54, 1.807) is 12.1 Å². The largest absolute Gasteiger partial charge is 0.480 e. The maximum atomic E-state index is 12.0. The second-order valence-electron chi connectivity index (χ2n) is 5.59. The molecule has 1 aromatic rings. The average molecular weight is 259 g/mol. The number of carbonyl (C=O) groups is 2. The van der Waals surface area contributed by atoms with E-state index in [0.29, 0.717) is 24.3 Å². The van der Waals surface area contributed by atoms with Crippen LogP contribution in [-0.2, 0) is 4.79 Å². The standard InChI is InChI=1S/C15H17NO3/c17-13(16-15(8-9-15)14(18)19)12-6-4-11(5-7-12)10-2-1-3-10/h4-7,10H,1-3,8-9H2,(H,16,17)(H,18,19). The van der Waals surface area contributed by atoms with Gasteiger partial charge in [0.05, 0.1) is 0 Å². The van der Waals surface area contributed by atoms with Crippen molar-refractivity contribution in [3.8, 4) is 0 Å². The van der Waals surface area contributed by atoms with Crippen LogP contribution >= 0.6 is 0 Å². The Morgan fingerprint density at radius 3 is 2.21 bits per heavy atom. The van der Waals surface area contributed by atoms with Gasteiger partial charge in [-0.05, 0) is 49.3 Å². The van der Waals surface area contributed by atoms with Crippen LogP contribution in [0.15, 0.2) is 24.3 Å². The molecule has 3 rings (SSSR count). The SMILES string of the molecule is O=C(NC1(C(=O)O)CC1)c1ccc(C2CCC2)cc1. The van der Waals surface area contributed by atoms with Crippen molar-refractivity contribution in [1.82, 2.24) is 5.32 Å². The first-order valence-corrected chi connectivity index (χ1v) is 6.77. The minimum atomic E-state index is -1.01. The van der Waals surface area contributed by atoms with Crippen LogP contribution in [0.5, 0.6) is 0 Å². The molecule has 2 fully saturated rings. The van der Waals surface area contributed by atoms with Crippen molar-refractivity contribution in [3.63, 3.8) is 0 Å². The normalized spacial score (nSPS) is 20.4. The van der Waals surface area contributed by atoms with Crippen molar-refractivity contribution in [1.29, 1.82) is 0 Å². The number of carboxylic acids is 1. The molecule has 4 nitrogen and oxygen atoms in total. The molecule has 1 aromatic carbocycles. The quantitative estimate of drug-likeness (QED) is 0.872. The van der Waals surface area contributed by atoms with E-state index in [9.17, 15) is 9.59 Å². The Bertz CT molecular complexity index is 513. The third-order valence-electron chi connectivity index (χ3n) is 4.26. The van der Waals surface area contributed by atoms with Crippen LogP contribution in [0, 0.1) is 0 Å². The Hall–Kier alpha value is -1.84. The summed E-state index contributed by atoms with van der Waals surface area (Å²) < 4.78 is 0. The first kappa shape index (κ1) is 12.2. The molecule has 2 saturated carbocycles. The molecule has 0 aliphatic heterocycles. The van der Waals surface area contributed by atoms with Crippen LogP contribution in [-0.4, -0.2) is 22.5 Å². The maximum Gasteiger partial charge on any atom is 0.329 e. The van der Waals surface area contributed by atoms with Crippen LogP contribution in [0.4, 0.5) is 0 Å². The lowest BCUT2D eigenvalue weighted by Crippen LogP contribution is -2.43. The van der Waals surface area contributed by atoms with Crippen molar-refractivity contribution >= 4 is 11.9 Å². The first-order valence-electron chi connectivity index (χ1n) is 6.77. The van der Waals surface area contributed by atoms with Crippen molar-refractivity contribution in [2.24, 2.45) is 0 Å². The van der Waals surface area contributed by atoms with Gasteiger partial charge in [0.2, 0.25) is 0 Å². The highest BCUT2D eigenvalue weighted by Crippen LogP contribution is 2.37. The van der Waals surface area contributed by atoms with Gasteiger partial charge in [-0.15, -0.1) is 0 Å². The highest BCUT2D eigenvalue weighted by Gasteiger charge is 2.51. The van der Waals surface area contributed by atoms with E-state index in [2.05, 4.69) is 5.32 Å². The molecule has 0 heterocycles. The second-order valence-corrected chi connectivity index (χ2v) is 5.59. The average Bonchev–Trinajstić information content (AvgIpc) is 3.08. The van der Waals surface area contributed by atoms with Crippen LogP contribution < -0.4 is 5.32 Å². The van der Waals surface area contributed by atoms with E-state index < -0.39 is 11.5 Å². The molecule has 0 unspecified atom stereocenters. The minimum absolute atomic E-state index is 0.292. The highest BCUT2D eigenvalue weighted by atomic mass is 16.4. The van der Waals surface area contributed by atoms with Crippen molar-refractivity contribution in [3.05, 3.63) is 35.4 Å². The number of amides is 1. The fourth-order valence-corrected chi connectivity index (χ4v) is 2.46. The van der Waals surface area contributed by atoms with Gasteiger partial charge in [-0.3, -0.25) is 4.79 Å². The Morgan fingerprint density at radius 2 is 1.79 bits per heavy atom. The summed E-state index contributed by atoms with van der Waals surface area (Å²) in [6.45, 7) is 0. The number of hydrogen-bond acceptors (Lipinski definition) is 2. The van der Waals surface area contributed by atoms with Gasteiger partial charge in [0.15, 0.2) is 0 Å².